The summed E-state index contributed by atoms with van der Waals surface area (Å²) >= 11 is 0. The number of phosphoric acid groups is 1. The SMILES string of the molecule is CCCCCCCCCCCCCCCCCCC[C@H](COP(=O)(O)OC[C@](C)(CCc1ccc2c(N)ncnn12)OC)OCc1ccc(C#N)c(OC)c1. The van der Waals surface area contributed by atoms with E-state index in [9.17, 15) is 14.7 Å². The highest BCUT2D eigenvalue weighted by Crippen LogP contribution is 2.45. The zero-order valence-electron chi connectivity index (χ0n) is 34.0. The number of aromatic nitrogens is 3. The van der Waals surface area contributed by atoms with Gasteiger partial charge in [-0.1, -0.05) is 122 Å². The Labute approximate surface area is 330 Å². The van der Waals surface area contributed by atoms with Crippen LogP contribution >= 0.6 is 7.82 Å². The molecule has 0 aliphatic carbocycles. The summed E-state index contributed by atoms with van der Waals surface area (Å²) in [5, 5.41) is 13.6. The van der Waals surface area contributed by atoms with Gasteiger partial charge in [0.05, 0.1) is 44.2 Å². The molecular weight excluding hydrogens is 717 g/mol. The molecule has 308 valence electrons. The van der Waals surface area contributed by atoms with Crippen LogP contribution < -0.4 is 10.5 Å². The summed E-state index contributed by atoms with van der Waals surface area (Å²) < 4.78 is 43.1. The Morgan fingerprint density at radius 3 is 2.11 bits per heavy atom. The molecule has 1 aromatic carbocycles. The van der Waals surface area contributed by atoms with Gasteiger partial charge in [0.2, 0.25) is 0 Å². The van der Waals surface area contributed by atoms with Crippen molar-refractivity contribution in [1.29, 1.82) is 5.26 Å². The quantitative estimate of drug-likeness (QED) is 0.0457. The molecule has 0 aliphatic rings. The van der Waals surface area contributed by atoms with E-state index >= 15 is 0 Å². The molecule has 2 heterocycles. The van der Waals surface area contributed by atoms with Crippen molar-refractivity contribution >= 4 is 19.2 Å². The lowest BCUT2D eigenvalue weighted by Crippen LogP contribution is -2.34. The molecule has 1 unspecified atom stereocenters. The van der Waals surface area contributed by atoms with Gasteiger partial charge >= 0.3 is 7.82 Å². The zero-order chi connectivity index (χ0) is 39.8. The number of unbranched alkanes of at least 4 members (excludes halogenated alkanes) is 16. The van der Waals surface area contributed by atoms with Crippen LogP contribution in [0.4, 0.5) is 5.82 Å². The molecule has 0 bridgehead atoms. The predicted molar refractivity (Wildman–Crippen MR) is 218 cm³/mol. The number of nitriles is 1. The second kappa shape index (κ2) is 26.0. The van der Waals surface area contributed by atoms with Gasteiger partial charge in [0, 0.05) is 12.8 Å². The van der Waals surface area contributed by atoms with Crippen molar-refractivity contribution in [1.82, 2.24) is 14.6 Å². The summed E-state index contributed by atoms with van der Waals surface area (Å²) in [4.78, 5) is 14.7. The second-order valence-corrected chi connectivity index (χ2v) is 16.4. The van der Waals surface area contributed by atoms with Gasteiger partial charge in [-0.15, -0.1) is 0 Å². The van der Waals surface area contributed by atoms with Crippen LogP contribution in [0.1, 0.15) is 153 Å². The van der Waals surface area contributed by atoms with Crippen LogP contribution in [0.5, 0.6) is 5.75 Å². The number of benzene rings is 1. The highest BCUT2D eigenvalue weighted by atomic mass is 31.2. The van der Waals surface area contributed by atoms with E-state index in [2.05, 4.69) is 23.1 Å². The van der Waals surface area contributed by atoms with Crippen LogP contribution in [0.2, 0.25) is 0 Å². The molecule has 0 saturated carbocycles. The number of nitrogen functional groups attached to an aromatic ring is 1. The third-order valence-corrected chi connectivity index (χ3v) is 11.4. The van der Waals surface area contributed by atoms with Crippen molar-refractivity contribution in [3.63, 3.8) is 0 Å². The highest BCUT2D eigenvalue weighted by molar-refractivity contribution is 7.47. The van der Waals surface area contributed by atoms with Crippen molar-refractivity contribution < 1.29 is 32.7 Å². The summed E-state index contributed by atoms with van der Waals surface area (Å²) in [7, 11) is -1.37. The number of aryl methyl sites for hydroxylation is 1. The summed E-state index contributed by atoms with van der Waals surface area (Å²) in [5.74, 6) is 0.864. The molecule has 0 aliphatic heterocycles. The number of phosphoric ester groups is 1. The second-order valence-electron chi connectivity index (χ2n) is 15.0. The largest absolute Gasteiger partial charge is 0.495 e. The van der Waals surface area contributed by atoms with Gasteiger partial charge in [-0.25, -0.2) is 14.1 Å². The summed E-state index contributed by atoms with van der Waals surface area (Å²) in [6, 6.07) is 11.2. The molecule has 0 spiro atoms. The Balaban J connectivity index is 1.41. The molecule has 3 atom stereocenters. The minimum absolute atomic E-state index is 0.110. The lowest BCUT2D eigenvalue weighted by Gasteiger charge is -2.29. The van der Waals surface area contributed by atoms with Crippen LogP contribution in [0.3, 0.4) is 0 Å². The van der Waals surface area contributed by atoms with Crippen molar-refractivity contribution in [2.45, 2.75) is 161 Å². The van der Waals surface area contributed by atoms with E-state index in [1.54, 1.807) is 23.8 Å². The van der Waals surface area contributed by atoms with Gasteiger partial charge in [0.15, 0.2) is 5.82 Å². The molecule has 0 fully saturated rings. The first-order valence-corrected chi connectivity index (χ1v) is 22.1. The number of nitrogens with two attached hydrogens (primary N) is 1. The monoisotopic (exact) mass is 785 g/mol. The number of anilines is 1. The molecule has 55 heavy (non-hydrogen) atoms. The van der Waals surface area contributed by atoms with E-state index in [1.807, 2.05) is 25.1 Å². The molecule has 3 aromatic rings. The van der Waals surface area contributed by atoms with Crippen LogP contribution in [-0.2, 0) is 36.1 Å². The number of fused-ring (bicyclic) bond motifs is 1. The van der Waals surface area contributed by atoms with Gasteiger partial charge in [0.1, 0.15) is 23.7 Å². The van der Waals surface area contributed by atoms with Crippen LogP contribution in [0.15, 0.2) is 36.7 Å². The Morgan fingerprint density at radius 2 is 1.53 bits per heavy atom. The Kier molecular flexibility index (Phi) is 21.9. The highest BCUT2D eigenvalue weighted by Gasteiger charge is 2.31. The van der Waals surface area contributed by atoms with Crippen molar-refractivity contribution in [2.24, 2.45) is 0 Å². The molecule has 3 rings (SSSR count). The van der Waals surface area contributed by atoms with E-state index in [1.165, 1.54) is 103 Å². The van der Waals surface area contributed by atoms with E-state index in [0.29, 0.717) is 41.9 Å². The first-order chi connectivity index (χ1) is 26.6. The molecule has 0 radical (unpaired) electrons. The fourth-order valence-corrected chi connectivity index (χ4v) is 7.56. The normalized spacial score (nSPS) is 14.4. The van der Waals surface area contributed by atoms with E-state index in [0.717, 1.165) is 30.5 Å². The molecule has 3 N–H and O–H groups in total. The first kappa shape index (κ1) is 46.3. The van der Waals surface area contributed by atoms with Crippen molar-refractivity contribution in [2.75, 3.05) is 33.2 Å². The topological polar surface area (TPSA) is 163 Å². The van der Waals surface area contributed by atoms with E-state index in [-0.39, 0.29) is 19.8 Å². The maximum atomic E-state index is 13.1. The standard InChI is InChI=1S/C42H68N5O7P/c1-5-6-7-8-9-10-11-12-13-14-15-16-17-18-19-20-21-22-38(52-31-35-23-24-36(30-43)40(29-35)50-3)32-53-55(48,49)54-33-42(2,51-4)28-27-37-25-26-39-41(44)45-34-46-47(37)39/h23-26,29,34,38H,5-22,27-28,31-33H2,1-4H3,(H,48,49)(H2,44,45,46)/t38-,42+/m1/s1. The van der Waals surface area contributed by atoms with Gasteiger partial charge in [0.25, 0.3) is 0 Å². The minimum Gasteiger partial charge on any atom is -0.495 e. The van der Waals surface area contributed by atoms with Crippen molar-refractivity contribution in [3.05, 3.63) is 53.5 Å². The molecule has 2 aromatic heterocycles. The lowest BCUT2D eigenvalue weighted by atomic mass is 10.00. The first-order valence-electron chi connectivity index (χ1n) is 20.6. The van der Waals surface area contributed by atoms with Crippen molar-refractivity contribution in [3.8, 4) is 11.8 Å². The summed E-state index contributed by atoms with van der Waals surface area (Å²) in [6.45, 7) is 4.06. The lowest BCUT2D eigenvalue weighted by molar-refractivity contribution is -0.0495. The average Bonchev–Trinajstić information content (AvgIpc) is 3.62. The Hall–Kier alpha value is -3.04. The Morgan fingerprint density at radius 1 is 0.909 bits per heavy atom. The average molecular weight is 786 g/mol. The number of nitrogens with zero attached hydrogens (tertiary/aromatic N) is 4. The number of hydrogen-bond donors (Lipinski definition) is 2. The number of rotatable bonds is 32. The van der Waals surface area contributed by atoms with E-state index in [4.69, 9.17) is 29.0 Å². The van der Waals surface area contributed by atoms with Gasteiger partial charge in [-0.3, -0.25) is 9.05 Å². The maximum Gasteiger partial charge on any atom is 0.472 e. The van der Waals surface area contributed by atoms with E-state index < -0.39 is 19.5 Å². The maximum absolute atomic E-state index is 13.1. The van der Waals surface area contributed by atoms with Crippen LogP contribution in [0.25, 0.3) is 5.52 Å². The third-order valence-electron chi connectivity index (χ3n) is 10.4. The number of methoxy groups -OCH3 is 2. The number of hydrogen-bond acceptors (Lipinski definition) is 10. The molecule has 0 saturated heterocycles. The fraction of sp³-hybridized carbons (Fsp3) is 0.690. The van der Waals surface area contributed by atoms with Crippen LogP contribution in [0, 0.1) is 11.3 Å². The van der Waals surface area contributed by atoms with Gasteiger partial charge < -0.3 is 24.8 Å². The molecule has 12 nitrogen and oxygen atoms in total. The molecule has 13 heteroatoms. The summed E-state index contributed by atoms with van der Waals surface area (Å²) in [6.07, 6.45) is 24.7. The van der Waals surface area contributed by atoms with Gasteiger partial charge in [-0.2, -0.15) is 10.4 Å². The fourth-order valence-electron chi connectivity index (χ4n) is 6.70. The zero-order valence-corrected chi connectivity index (χ0v) is 34.9. The minimum atomic E-state index is -4.44. The number of ether oxygens (including phenoxy) is 3. The smallest absolute Gasteiger partial charge is 0.472 e. The summed E-state index contributed by atoms with van der Waals surface area (Å²) in [5.41, 5.74) is 7.98. The predicted octanol–water partition coefficient (Wildman–Crippen LogP) is 10.3. The molecular formula is C42H68N5O7P. The molecule has 0 amide bonds. The third kappa shape index (κ3) is 17.7. The Bertz CT molecular complexity index is 1600. The van der Waals surface area contributed by atoms with Gasteiger partial charge in [-0.05, 0) is 56.0 Å². The van der Waals surface area contributed by atoms with Crippen LogP contribution in [-0.4, -0.2) is 58.6 Å².